The van der Waals surface area contributed by atoms with Crippen molar-refractivity contribution in [2.24, 2.45) is 11.8 Å². The molecule has 5 rings (SSSR count). The molecule has 0 spiro atoms. The summed E-state index contributed by atoms with van der Waals surface area (Å²) in [6, 6.07) is 12.7. The molecule has 3 amide bonds. The average Bonchev–Trinajstić information content (AvgIpc) is 3.64. The molecule has 2 fully saturated rings. The van der Waals surface area contributed by atoms with Crippen LogP contribution in [0.2, 0.25) is 0 Å². The van der Waals surface area contributed by atoms with E-state index in [0.717, 1.165) is 11.1 Å². The lowest BCUT2D eigenvalue weighted by Gasteiger charge is -2.36. The molecule has 2 heterocycles. The molecular formula is C35H42FN3O7. The van der Waals surface area contributed by atoms with Crippen LogP contribution in [-0.2, 0) is 14.3 Å². The predicted molar refractivity (Wildman–Crippen MR) is 170 cm³/mol. The number of carboxylic acids is 1. The molecule has 2 aliphatic rings. The van der Waals surface area contributed by atoms with Gasteiger partial charge in [-0.15, -0.1) is 0 Å². The number of anilines is 1. The Bertz CT molecular complexity index is 1600. The van der Waals surface area contributed by atoms with E-state index < -0.39 is 36.4 Å². The number of hydrogen-bond acceptors (Lipinski definition) is 6. The van der Waals surface area contributed by atoms with Gasteiger partial charge in [-0.25, -0.2) is 14.0 Å². The van der Waals surface area contributed by atoms with Gasteiger partial charge in [-0.2, -0.15) is 0 Å². The average molecular weight is 636 g/mol. The van der Waals surface area contributed by atoms with E-state index in [1.807, 2.05) is 31.2 Å². The maximum atomic E-state index is 14.1. The molecule has 1 saturated heterocycles. The Morgan fingerprint density at radius 1 is 1.04 bits per heavy atom. The number of aryl methyl sites for hydroxylation is 1. The molecule has 246 valence electrons. The molecule has 3 N–H and O–H groups in total. The number of alkyl carbamates (subject to hydrolysis) is 1. The Labute approximate surface area is 267 Å². The van der Waals surface area contributed by atoms with Crippen LogP contribution < -0.4 is 10.6 Å². The first-order valence-electron chi connectivity index (χ1n) is 15.8. The number of carbonyl (C=O) groups excluding carboxylic acids is 3. The van der Waals surface area contributed by atoms with Gasteiger partial charge in [-0.1, -0.05) is 24.3 Å². The third kappa shape index (κ3) is 7.35. The molecule has 3 aromatic rings. The zero-order chi connectivity index (χ0) is 33.2. The van der Waals surface area contributed by atoms with E-state index in [0.29, 0.717) is 55.3 Å². The number of likely N-dealkylation sites (tertiary alicyclic amines) is 1. The van der Waals surface area contributed by atoms with E-state index in [1.165, 1.54) is 6.07 Å². The molecule has 10 nitrogen and oxygen atoms in total. The zero-order valence-electron chi connectivity index (χ0n) is 26.7. The maximum absolute atomic E-state index is 14.1. The highest BCUT2D eigenvalue weighted by molar-refractivity contribution is 6.00. The van der Waals surface area contributed by atoms with Crippen LogP contribution in [0.3, 0.4) is 0 Å². The van der Waals surface area contributed by atoms with Gasteiger partial charge in [-0.05, 0) is 101 Å². The summed E-state index contributed by atoms with van der Waals surface area (Å²) in [6.45, 7) is 6.94. The van der Waals surface area contributed by atoms with Gasteiger partial charge in [-0.3, -0.25) is 9.59 Å². The summed E-state index contributed by atoms with van der Waals surface area (Å²) in [5, 5.41) is 15.5. The van der Waals surface area contributed by atoms with Gasteiger partial charge in [0.1, 0.15) is 23.9 Å². The summed E-state index contributed by atoms with van der Waals surface area (Å²) < 4.78 is 24.6. The Balaban J connectivity index is 1.31. The predicted octanol–water partition coefficient (Wildman–Crippen LogP) is 6.43. The van der Waals surface area contributed by atoms with Crippen LogP contribution in [0.25, 0.3) is 11.0 Å². The maximum Gasteiger partial charge on any atom is 0.407 e. The summed E-state index contributed by atoms with van der Waals surface area (Å²) in [6.07, 6.45) is 2.15. The van der Waals surface area contributed by atoms with E-state index in [-0.39, 0.29) is 35.3 Å². The molecule has 1 aliphatic carbocycles. The number of fused-ring (bicyclic) bond motifs is 1. The van der Waals surface area contributed by atoms with Crippen LogP contribution in [0, 0.1) is 18.8 Å². The second-order valence-corrected chi connectivity index (χ2v) is 13.4. The van der Waals surface area contributed by atoms with Crippen molar-refractivity contribution in [1.82, 2.24) is 10.2 Å². The van der Waals surface area contributed by atoms with Gasteiger partial charge in [0.2, 0.25) is 17.6 Å². The number of nitrogens with one attached hydrogen (secondary N) is 2. The number of carboxylic acid groups (broad SMARTS) is 1. The first-order chi connectivity index (χ1) is 21.8. The Morgan fingerprint density at radius 2 is 1.76 bits per heavy atom. The zero-order valence-corrected chi connectivity index (χ0v) is 26.7. The number of amides is 3. The molecule has 3 atom stereocenters. The Hall–Kier alpha value is -4.41. The van der Waals surface area contributed by atoms with E-state index in [1.54, 1.807) is 43.9 Å². The molecular weight excluding hydrogens is 593 g/mol. The highest BCUT2D eigenvalue weighted by atomic mass is 19.1. The minimum atomic E-state index is -1.18. The van der Waals surface area contributed by atoms with E-state index in [4.69, 9.17) is 9.15 Å². The number of aromatic carboxylic acids is 1. The first kappa shape index (κ1) is 33.0. The number of rotatable bonds is 8. The van der Waals surface area contributed by atoms with Gasteiger partial charge in [0, 0.05) is 29.5 Å². The lowest BCUT2D eigenvalue weighted by molar-refractivity contribution is -0.141. The number of nitrogens with zero attached hydrogens (tertiary/aromatic N) is 1. The number of furan rings is 1. The number of halogens is 1. The fourth-order valence-corrected chi connectivity index (χ4v) is 6.88. The monoisotopic (exact) mass is 635 g/mol. The van der Waals surface area contributed by atoms with E-state index >= 15 is 0 Å². The molecule has 1 saturated carbocycles. The van der Waals surface area contributed by atoms with E-state index in [2.05, 4.69) is 10.6 Å². The van der Waals surface area contributed by atoms with Crippen molar-refractivity contribution in [3.63, 3.8) is 0 Å². The largest absolute Gasteiger partial charge is 0.475 e. The fraction of sp³-hybridized carbons (Fsp3) is 0.486. The van der Waals surface area contributed by atoms with Gasteiger partial charge < -0.3 is 29.8 Å². The lowest BCUT2D eigenvalue weighted by atomic mass is 9.78. The van der Waals surface area contributed by atoms with E-state index in [9.17, 15) is 28.7 Å². The number of alkyl halides is 1. The lowest BCUT2D eigenvalue weighted by Crippen LogP contribution is -2.49. The number of carbonyl (C=O) groups is 4. The summed E-state index contributed by atoms with van der Waals surface area (Å²) >= 11 is 0. The van der Waals surface area contributed by atoms with Crippen molar-refractivity contribution in [2.45, 2.75) is 83.4 Å². The Morgan fingerprint density at radius 3 is 2.41 bits per heavy atom. The van der Waals surface area contributed by atoms with Gasteiger partial charge in [0.05, 0.1) is 6.04 Å². The van der Waals surface area contributed by atoms with Gasteiger partial charge >= 0.3 is 12.1 Å². The van der Waals surface area contributed by atoms with Crippen molar-refractivity contribution in [1.29, 1.82) is 0 Å². The van der Waals surface area contributed by atoms with Crippen LogP contribution in [0.4, 0.5) is 14.9 Å². The van der Waals surface area contributed by atoms with Crippen LogP contribution >= 0.6 is 0 Å². The minimum absolute atomic E-state index is 0.0945. The highest BCUT2D eigenvalue weighted by Crippen LogP contribution is 2.39. The van der Waals surface area contributed by atoms with Crippen LogP contribution in [0.5, 0.6) is 0 Å². The number of hydrogen-bond donors (Lipinski definition) is 3. The van der Waals surface area contributed by atoms with Crippen molar-refractivity contribution >= 4 is 40.5 Å². The van der Waals surface area contributed by atoms with Crippen molar-refractivity contribution < 1.29 is 37.8 Å². The van der Waals surface area contributed by atoms with Crippen molar-refractivity contribution in [2.75, 3.05) is 18.5 Å². The van der Waals surface area contributed by atoms with Crippen molar-refractivity contribution in [3.05, 3.63) is 65.4 Å². The third-order valence-corrected chi connectivity index (χ3v) is 9.09. The first-order valence-corrected chi connectivity index (χ1v) is 15.8. The SMILES string of the molecule is Cc1ccccc1[C@@H]1CCN(C(=O)[C@H]2CC[C@H]([C@@H](CF)NC(=O)OC(C)(C)C)CC2)[C@@H]1C(=O)Nc1ccc2oc(C(=O)O)cc2c1. The van der Waals surface area contributed by atoms with Crippen LogP contribution in [0.15, 0.2) is 52.9 Å². The molecule has 0 radical (unpaired) electrons. The second-order valence-electron chi connectivity index (χ2n) is 13.4. The molecule has 11 heteroatoms. The Kier molecular flexibility index (Phi) is 9.69. The third-order valence-electron chi connectivity index (χ3n) is 9.09. The summed E-state index contributed by atoms with van der Waals surface area (Å²) in [5.74, 6) is -2.46. The standard InChI is InChI=1S/C35H42FN3O7/c1-20-7-5-6-8-25(20)26-15-16-39(30(26)31(40)37-24-13-14-28-23(17-24)18-29(45-28)33(42)43)32(41)22-11-9-21(10-12-22)27(19-36)38-34(44)46-35(2,3)4/h5-8,13-14,17-18,21-22,26-27,30H,9-12,15-16,19H2,1-4H3,(H,37,40)(H,38,44)(H,42,43)/t21-,22-,26-,27+,30-/m0/s1. The molecule has 1 aromatic heterocycles. The molecule has 2 aromatic carbocycles. The van der Waals surface area contributed by atoms with Gasteiger partial charge in [0.25, 0.3) is 0 Å². The molecule has 0 unspecified atom stereocenters. The molecule has 0 bridgehead atoms. The normalized spacial score (nSPS) is 22.3. The highest BCUT2D eigenvalue weighted by Gasteiger charge is 2.45. The number of benzene rings is 2. The summed E-state index contributed by atoms with van der Waals surface area (Å²) in [4.78, 5) is 53.4. The van der Waals surface area contributed by atoms with Gasteiger partial charge in [0.15, 0.2) is 0 Å². The topological polar surface area (TPSA) is 138 Å². The molecule has 1 aliphatic heterocycles. The van der Waals surface area contributed by atoms with Crippen LogP contribution in [0.1, 0.15) is 80.5 Å². The quantitative estimate of drug-likeness (QED) is 0.259. The molecule has 46 heavy (non-hydrogen) atoms. The smallest absolute Gasteiger partial charge is 0.407 e. The fourth-order valence-electron chi connectivity index (χ4n) is 6.88. The van der Waals surface area contributed by atoms with Crippen LogP contribution in [-0.4, -0.2) is 64.8 Å². The summed E-state index contributed by atoms with van der Waals surface area (Å²) in [5.41, 5.74) is 2.21. The van der Waals surface area contributed by atoms with Crippen molar-refractivity contribution in [3.8, 4) is 0 Å². The summed E-state index contributed by atoms with van der Waals surface area (Å²) in [7, 11) is 0. The number of ether oxygens (including phenoxy) is 1. The second kappa shape index (κ2) is 13.5. The minimum Gasteiger partial charge on any atom is -0.475 e.